The predicted molar refractivity (Wildman–Crippen MR) is 94.3 cm³/mol. The van der Waals surface area contributed by atoms with Crippen molar-refractivity contribution >= 4 is 16.9 Å². The number of imidazole rings is 1. The van der Waals surface area contributed by atoms with E-state index in [1.165, 1.54) is 0 Å². The van der Waals surface area contributed by atoms with Gasteiger partial charge in [-0.25, -0.2) is 4.98 Å². The first-order valence-corrected chi connectivity index (χ1v) is 7.97. The predicted octanol–water partition coefficient (Wildman–Crippen LogP) is 3.62. The first-order chi connectivity index (χ1) is 11.6. The summed E-state index contributed by atoms with van der Waals surface area (Å²) < 4.78 is 5.13. The highest BCUT2D eigenvalue weighted by Gasteiger charge is 2.10. The molecule has 5 heteroatoms. The minimum absolute atomic E-state index is 0.103. The number of ether oxygens (including phenoxy) is 1. The van der Waals surface area contributed by atoms with E-state index in [0.717, 1.165) is 28.2 Å². The standard InChI is InChI=1S/C19H21N3O2/c1-12(2)18-21-16-9-6-14(10-17(16)22-18)19(23)20-11-13-4-7-15(24-3)8-5-13/h4-10,12H,11H2,1-3H3,(H,20,23)(H,21,22). The highest BCUT2D eigenvalue weighted by Crippen LogP contribution is 2.18. The number of carbonyl (C=O) groups excluding carboxylic acids is 1. The number of hydrogen-bond donors (Lipinski definition) is 2. The number of H-pyrrole nitrogens is 1. The largest absolute Gasteiger partial charge is 0.497 e. The van der Waals surface area contributed by atoms with Gasteiger partial charge in [-0.15, -0.1) is 0 Å². The molecule has 0 radical (unpaired) electrons. The number of aromatic amines is 1. The van der Waals surface area contributed by atoms with E-state index < -0.39 is 0 Å². The molecule has 2 N–H and O–H groups in total. The highest BCUT2D eigenvalue weighted by atomic mass is 16.5. The van der Waals surface area contributed by atoms with Crippen LogP contribution in [0, 0.1) is 0 Å². The fourth-order valence-electron chi connectivity index (χ4n) is 2.47. The quantitative estimate of drug-likeness (QED) is 0.753. The molecule has 1 aromatic heterocycles. The fourth-order valence-corrected chi connectivity index (χ4v) is 2.47. The second-order valence-electron chi connectivity index (χ2n) is 6.04. The number of carbonyl (C=O) groups is 1. The summed E-state index contributed by atoms with van der Waals surface area (Å²) in [4.78, 5) is 20.2. The van der Waals surface area contributed by atoms with Gasteiger partial charge in [0.15, 0.2) is 0 Å². The van der Waals surface area contributed by atoms with Crippen molar-refractivity contribution < 1.29 is 9.53 Å². The maximum absolute atomic E-state index is 12.4. The number of nitrogens with one attached hydrogen (secondary N) is 2. The van der Waals surface area contributed by atoms with Crippen molar-refractivity contribution in [2.45, 2.75) is 26.3 Å². The lowest BCUT2D eigenvalue weighted by atomic mass is 10.1. The summed E-state index contributed by atoms with van der Waals surface area (Å²) in [6.07, 6.45) is 0. The normalized spacial score (nSPS) is 11.0. The van der Waals surface area contributed by atoms with Gasteiger partial charge in [-0.3, -0.25) is 4.79 Å². The number of rotatable bonds is 5. The van der Waals surface area contributed by atoms with Crippen molar-refractivity contribution in [3.63, 3.8) is 0 Å². The van der Waals surface area contributed by atoms with E-state index in [0.29, 0.717) is 18.0 Å². The Morgan fingerprint density at radius 2 is 1.96 bits per heavy atom. The molecule has 0 aliphatic carbocycles. The van der Waals surface area contributed by atoms with Crippen molar-refractivity contribution in [3.8, 4) is 5.75 Å². The molecule has 1 heterocycles. The van der Waals surface area contributed by atoms with Gasteiger partial charge in [-0.05, 0) is 35.9 Å². The van der Waals surface area contributed by atoms with Gasteiger partial charge in [0.05, 0.1) is 18.1 Å². The van der Waals surface area contributed by atoms with Crippen molar-refractivity contribution in [2.24, 2.45) is 0 Å². The van der Waals surface area contributed by atoms with Crippen LogP contribution >= 0.6 is 0 Å². The SMILES string of the molecule is COc1ccc(CNC(=O)c2ccc3nc(C(C)C)[nH]c3c2)cc1. The van der Waals surface area contributed by atoms with Crippen LogP contribution in [0.2, 0.25) is 0 Å². The molecular weight excluding hydrogens is 302 g/mol. The fraction of sp³-hybridized carbons (Fsp3) is 0.263. The molecule has 0 unspecified atom stereocenters. The molecule has 0 fully saturated rings. The van der Waals surface area contributed by atoms with E-state index in [1.807, 2.05) is 36.4 Å². The molecule has 0 atom stereocenters. The van der Waals surface area contributed by atoms with Crippen LogP contribution in [0.15, 0.2) is 42.5 Å². The molecule has 0 bridgehead atoms. The second-order valence-corrected chi connectivity index (χ2v) is 6.04. The van der Waals surface area contributed by atoms with Crippen LogP contribution in [0.25, 0.3) is 11.0 Å². The Bertz CT molecular complexity index is 851. The van der Waals surface area contributed by atoms with E-state index in [2.05, 4.69) is 29.1 Å². The lowest BCUT2D eigenvalue weighted by Gasteiger charge is -2.06. The molecule has 2 aromatic carbocycles. The second kappa shape index (κ2) is 6.74. The molecule has 0 aliphatic rings. The van der Waals surface area contributed by atoms with Crippen LogP contribution in [0.4, 0.5) is 0 Å². The number of aromatic nitrogens is 2. The summed E-state index contributed by atoms with van der Waals surface area (Å²) in [5, 5.41) is 2.93. The van der Waals surface area contributed by atoms with Gasteiger partial charge >= 0.3 is 0 Å². The molecule has 0 saturated heterocycles. The Hall–Kier alpha value is -2.82. The molecule has 24 heavy (non-hydrogen) atoms. The van der Waals surface area contributed by atoms with Crippen molar-refractivity contribution in [1.82, 2.24) is 15.3 Å². The molecule has 0 aliphatic heterocycles. The first kappa shape index (κ1) is 16.1. The van der Waals surface area contributed by atoms with Crippen LogP contribution in [0.3, 0.4) is 0 Å². The number of methoxy groups -OCH3 is 1. The molecule has 0 saturated carbocycles. The topological polar surface area (TPSA) is 67.0 Å². The maximum atomic E-state index is 12.4. The third-order valence-corrected chi connectivity index (χ3v) is 3.92. The highest BCUT2D eigenvalue weighted by molar-refractivity contribution is 5.97. The number of fused-ring (bicyclic) bond motifs is 1. The van der Waals surface area contributed by atoms with Gasteiger partial charge in [0.2, 0.25) is 0 Å². The van der Waals surface area contributed by atoms with E-state index in [1.54, 1.807) is 13.2 Å². The van der Waals surface area contributed by atoms with Crippen LogP contribution in [0.5, 0.6) is 5.75 Å². The molecular formula is C19H21N3O2. The van der Waals surface area contributed by atoms with Gasteiger partial charge in [0.1, 0.15) is 11.6 Å². The van der Waals surface area contributed by atoms with E-state index in [9.17, 15) is 4.79 Å². The molecule has 1 amide bonds. The van der Waals surface area contributed by atoms with Crippen LogP contribution in [-0.4, -0.2) is 23.0 Å². The van der Waals surface area contributed by atoms with Gasteiger partial charge in [-0.2, -0.15) is 0 Å². The zero-order valence-corrected chi connectivity index (χ0v) is 14.1. The molecule has 5 nitrogen and oxygen atoms in total. The first-order valence-electron chi connectivity index (χ1n) is 7.97. The Balaban J connectivity index is 1.70. The zero-order valence-electron chi connectivity index (χ0n) is 14.1. The third kappa shape index (κ3) is 3.40. The Morgan fingerprint density at radius 3 is 2.62 bits per heavy atom. The van der Waals surface area contributed by atoms with Gasteiger partial charge in [0, 0.05) is 18.0 Å². The van der Waals surface area contributed by atoms with Gasteiger partial charge in [0.25, 0.3) is 5.91 Å². The zero-order chi connectivity index (χ0) is 17.1. The summed E-state index contributed by atoms with van der Waals surface area (Å²) in [5.41, 5.74) is 3.41. The van der Waals surface area contributed by atoms with Crippen molar-refractivity contribution in [1.29, 1.82) is 0 Å². The number of hydrogen-bond acceptors (Lipinski definition) is 3. The Kier molecular flexibility index (Phi) is 4.51. The van der Waals surface area contributed by atoms with Gasteiger partial charge < -0.3 is 15.0 Å². The van der Waals surface area contributed by atoms with Gasteiger partial charge in [-0.1, -0.05) is 26.0 Å². The van der Waals surface area contributed by atoms with Crippen LogP contribution in [0.1, 0.15) is 41.5 Å². The summed E-state index contributed by atoms with van der Waals surface area (Å²) in [7, 11) is 1.63. The van der Waals surface area contributed by atoms with E-state index in [-0.39, 0.29) is 5.91 Å². The minimum Gasteiger partial charge on any atom is -0.497 e. The Labute approximate surface area is 141 Å². The lowest BCUT2D eigenvalue weighted by Crippen LogP contribution is -2.22. The molecule has 3 aromatic rings. The molecule has 124 valence electrons. The molecule has 3 rings (SSSR count). The minimum atomic E-state index is -0.103. The van der Waals surface area contributed by atoms with E-state index >= 15 is 0 Å². The Morgan fingerprint density at radius 1 is 1.21 bits per heavy atom. The van der Waals surface area contributed by atoms with Crippen molar-refractivity contribution in [3.05, 3.63) is 59.4 Å². The van der Waals surface area contributed by atoms with Crippen LogP contribution < -0.4 is 10.1 Å². The number of nitrogens with zero attached hydrogens (tertiary/aromatic N) is 1. The summed E-state index contributed by atoms with van der Waals surface area (Å²) >= 11 is 0. The maximum Gasteiger partial charge on any atom is 0.251 e. The lowest BCUT2D eigenvalue weighted by molar-refractivity contribution is 0.0951. The monoisotopic (exact) mass is 323 g/mol. The summed E-state index contributed by atoms with van der Waals surface area (Å²) in [6.45, 7) is 4.64. The number of benzene rings is 2. The van der Waals surface area contributed by atoms with Crippen molar-refractivity contribution in [2.75, 3.05) is 7.11 Å². The average molecular weight is 323 g/mol. The smallest absolute Gasteiger partial charge is 0.251 e. The van der Waals surface area contributed by atoms with Crippen LogP contribution in [-0.2, 0) is 6.54 Å². The third-order valence-electron chi connectivity index (χ3n) is 3.92. The summed E-state index contributed by atoms with van der Waals surface area (Å²) in [6, 6.07) is 13.2. The molecule has 0 spiro atoms. The number of amides is 1. The average Bonchev–Trinajstić information content (AvgIpc) is 3.03. The summed E-state index contributed by atoms with van der Waals surface area (Å²) in [5.74, 6) is 1.95. The van der Waals surface area contributed by atoms with E-state index in [4.69, 9.17) is 4.74 Å².